The van der Waals surface area contributed by atoms with E-state index in [0.717, 1.165) is 11.3 Å². The van der Waals surface area contributed by atoms with Gasteiger partial charge in [0.05, 0.1) is 12.7 Å². The number of hydrogen-bond donors (Lipinski definition) is 1. The average molecular weight is 385 g/mol. The molecule has 0 amide bonds. The zero-order chi connectivity index (χ0) is 19.2. The van der Waals surface area contributed by atoms with Crippen LogP contribution in [-0.4, -0.2) is 36.4 Å². The van der Waals surface area contributed by atoms with Gasteiger partial charge in [0.25, 0.3) is 0 Å². The quantitative estimate of drug-likeness (QED) is 0.583. The highest BCUT2D eigenvalue weighted by Gasteiger charge is 2.15. The van der Waals surface area contributed by atoms with Crippen LogP contribution in [0, 0.1) is 6.92 Å². The van der Waals surface area contributed by atoms with Gasteiger partial charge in [-0.15, -0.1) is 11.3 Å². The predicted molar refractivity (Wildman–Crippen MR) is 103 cm³/mol. The minimum Gasteiger partial charge on any atom is -0.497 e. The van der Waals surface area contributed by atoms with Crippen molar-refractivity contribution in [1.29, 1.82) is 0 Å². The minimum absolute atomic E-state index is 0.0135. The Bertz CT molecular complexity index is 938. The van der Waals surface area contributed by atoms with Crippen LogP contribution in [-0.2, 0) is 0 Å². The number of hydrogen-bond acceptors (Lipinski definition) is 6. The third-order valence-electron chi connectivity index (χ3n) is 3.74. The number of carbonyl (C=O) groups is 1. The van der Waals surface area contributed by atoms with Gasteiger partial charge in [-0.2, -0.15) is 0 Å². The Morgan fingerprint density at radius 1 is 1.11 bits per heavy atom. The van der Waals surface area contributed by atoms with Crippen molar-refractivity contribution >= 4 is 17.3 Å². The molecule has 3 aromatic rings. The zero-order valence-corrected chi connectivity index (χ0v) is 15.8. The lowest BCUT2D eigenvalue weighted by molar-refractivity contribution is 0.0691. The summed E-state index contributed by atoms with van der Waals surface area (Å²) in [5, 5.41) is 11.2. The van der Waals surface area contributed by atoms with Gasteiger partial charge in [-0.1, -0.05) is 12.1 Å². The number of benzene rings is 2. The molecule has 0 saturated heterocycles. The molecule has 0 aliphatic carbocycles. The number of aromatic carboxylic acids is 1. The van der Waals surface area contributed by atoms with E-state index < -0.39 is 5.97 Å². The Kier molecular flexibility index (Phi) is 5.93. The van der Waals surface area contributed by atoms with Crippen molar-refractivity contribution in [2.24, 2.45) is 0 Å². The van der Waals surface area contributed by atoms with Crippen LogP contribution in [0.4, 0.5) is 0 Å². The summed E-state index contributed by atoms with van der Waals surface area (Å²) in [6, 6.07) is 13.1. The first-order valence-corrected chi connectivity index (χ1v) is 9.14. The van der Waals surface area contributed by atoms with Crippen LogP contribution in [0.3, 0.4) is 0 Å². The second-order valence-corrected chi connectivity index (χ2v) is 6.58. The second-order valence-electron chi connectivity index (χ2n) is 5.72. The molecule has 0 saturated carbocycles. The molecule has 7 heteroatoms. The largest absolute Gasteiger partial charge is 0.497 e. The van der Waals surface area contributed by atoms with Crippen LogP contribution < -0.4 is 14.2 Å². The molecule has 0 aliphatic rings. The molecule has 1 heterocycles. The molecular formula is C20H19NO5S. The van der Waals surface area contributed by atoms with Gasteiger partial charge in [-0.3, -0.25) is 0 Å². The number of carboxylic acids is 1. The molecular weight excluding hydrogens is 366 g/mol. The fourth-order valence-corrected chi connectivity index (χ4v) is 3.26. The van der Waals surface area contributed by atoms with Gasteiger partial charge in [0.1, 0.15) is 35.5 Å². The van der Waals surface area contributed by atoms with Crippen LogP contribution in [0.2, 0.25) is 0 Å². The number of aromatic nitrogens is 1. The first kappa shape index (κ1) is 18.7. The molecule has 2 aromatic carbocycles. The second kappa shape index (κ2) is 8.55. The van der Waals surface area contributed by atoms with Crippen molar-refractivity contribution in [2.45, 2.75) is 6.92 Å². The Balaban J connectivity index is 1.71. The molecule has 1 N–H and O–H groups in total. The van der Waals surface area contributed by atoms with E-state index in [1.165, 1.54) is 16.7 Å². The maximum Gasteiger partial charge on any atom is 0.355 e. The van der Waals surface area contributed by atoms with E-state index in [9.17, 15) is 4.79 Å². The Labute approximate surface area is 161 Å². The summed E-state index contributed by atoms with van der Waals surface area (Å²) >= 11 is 1.25. The molecule has 0 unspecified atom stereocenters. The smallest absolute Gasteiger partial charge is 0.355 e. The monoisotopic (exact) mass is 385 g/mol. The summed E-state index contributed by atoms with van der Waals surface area (Å²) in [7, 11) is 1.57. The summed E-state index contributed by atoms with van der Waals surface area (Å²) < 4.78 is 16.8. The van der Waals surface area contributed by atoms with Gasteiger partial charge in [-0.25, -0.2) is 9.78 Å². The molecule has 0 bridgehead atoms. The molecule has 0 aliphatic heterocycles. The fourth-order valence-electron chi connectivity index (χ4n) is 2.44. The molecule has 0 spiro atoms. The maximum absolute atomic E-state index is 11.1. The summed E-state index contributed by atoms with van der Waals surface area (Å²) in [6.07, 6.45) is 0. The van der Waals surface area contributed by atoms with Crippen molar-refractivity contribution in [3.63, 3.8) is 0 Å². The van der Waals surface area contributed by atoms with Crippen LogP contribution in [0.25, 0.3) is 10.6 Å². The molecule has 3 rings (SSSR count). The summed E-state index contributed by atoms with van der Waals surface area (Å²) in [5.74, 6) is 0.937. The van der Waals surface area contributed by atoms with Crippen LogP contribution in [0.1, 0.15) is 16.1 Å². The van der Waals surface area contributed by atoms with E-state index in [2.05, 4.69) is 4.98 Å². The maximum atomic E-state index is 11.1. The van der Waals surface area contributed by atoms with Gasteiger partial charge >= 0.3 is 5.97 Å². The lowest BCUT2D eigenvalue weighted by Crippen LogP contribution is -2.09. The van der Waals surface area contributed by atoms with E-state index in [4.69, 9.17) is 19.3 Å². The molecule has 0 atom stereocenters. The highest BCUT2D eigenvalue weighted by atomic mass is 32.1. The number of carboxylic acid groups (broad SMARTS) is 1. The van der Waals surface area contributed by atoms with Crippen LogP contribution >= 0.6 is 11.3 Å². The van der Waals surface area contributed by atoms with Gasteiger partial charge in [0.15, 0.2) is 5.69 Å². The van der Waals surface area contributed by atoms with Crippen LogP contribution in [0.15, 0.2) is 47.8 Å². The molecule has 6 nitrogen and oxygen atoms in total. The molecule has 27 heavy (non-hydrogen) atoms. The van der Waals surface area contributed by atoms with Crippen molar-refractivity contribution < 1.29 is 24.1 Å². The Morgan fingerprint density at radius 2 is 1.93 bits per heavy atom. The van der Waals surface area contributed by atoms with Gasteiger partial charge in [0.2, 0.25) is 0 Å². The van der Waals surface area contributed by atoms with E-state index in [-0.39, 0.29) is 5.69 Å². The van der Waals surface area contributed by atoms with Crippen molar-refractivity contribution in [1.82, 2.24) is 4.98 Å². The van der Waals surface area contributed by atoms with Crippen molar-refractivity contribution in [3.05, 3.63) is 59.1 Å². The first-order valence-electron chi connectivity index (χ1n) is 8.26. The minimum atomic E-state index is -1.06. The number of aryl methyl sites for hydroxylation is 1. The summed E-state index contributed by atoms with van der Waals surface area (Å²) in [4.78, 5) is 15.2. The highest BCUT2D eigenvalue weighted by molar-refractivity contribution is 7.13. The van der Waals surface area contributed by atoms with E-state index in [1.54, 1.807) is 25.3 Å². The molecule has 0 radical (unpaired) electrons. The standard InChI is InChI=1S/C20H19NO5S/c1-13-4-3-5-15(10-13)25-8-9-26-18-11-14(24-2)6-7-16(18)19-21-17(12-27-19)20(22)23/h3-7,10-12H,8-9H2,1-2H3,(H,22,23). The summed E-state index contributed by atoms with van der Waals surface area (Å²) in [6.45, 7) is 2.70. The third-order valence-corrected chi connectivity index (χ3v) is 4.62. The summed E-state index contributed by atoms with van der Waals surface area (Å²) in [5.41, 5.74) is 1.85. The first-order chi connectivity index (χ1) is 13.1. The van der Waals surface area contributed by atoms with Gasteiger partial charge in [0, 0.05) is 11.4 Å². The number of methoxy groups -OCH3 is 1. The lowest BCUT2D eigenvalue weighted by atomic mass is 10.2. The molecule has 0 fully saturated rings. The lowest BCUT2D eigenvalue weighted by Gasteiger charge is -2.12. The predicted octanol–water partition coefficient (Wildman–Crippen LogP) is 4.28. The molecule has 140 valence electrons. The van der Waals surface area contributed by atoms with Crippen molar-refractivity contribution in [3.8, 4) is 27.8 Å². The Morgan fingerprint density at radius 3 is 2.63 bits per heavy atom. The van der Waals surface area contributed by atoms with Gasteiger partial charge < -0.3 is 19.3 Å². The fraction of sp³-hybridized carbons (Fsp3) is 0.200. The zero-order valence-electron chi connectivity index (χ0n) is 15.0. The number of nitrogens with zero attached hydrogens (tertiary/aromatic N) is 1. The Hall–Kier alpha value is -3.06. The SMILES string of the molecule is COc1ccc(-c2nc(C(=O)O)cs2)c(OCCOc2cccc(C)c2)c1. The normalized spacial score (nSPS) is 10.4. The third kappa shape index (κ3) is 4.77. The number of thiazole rings is 1. The van der Waals surface area contributed by atoms with E-state index in [0.29, 0.717) is 35.3 Å². The molecule has 1 aromatic heterocycles. The highest BCUT2D eigenvalue weighted by Crippen LogP contribution is 2.35. The van der Waals surface area contributed by atoms with E-state index >= 15 is 0 Å². The van der Waals surface area contributed by atoms with Crippen molar-refractivity contribution in [2.75, 3.05) is 20.3 Å². The average Bonchev–Trinajstić information content (AvgIpc) is 3.15. The topological polar surface area (TPSA) is 77.9 Å². The van der Waals surface area contributed by atoms with Gasteiger partial charge in [-0.05, 0) is 36.8 Å². The number of ether oxygens (including phenoxy) is 3. The van der Waals surface area contributed by atoms with Crippen LogP contribution in [0.5, 0.6) is 17.2 Å². The van der Waals surface area contributed by atoms with E-state index in [1.807, 2.05) is 31.2 Å². The number of rotatable bonds is 8.